The Morgan fingerprint density at radius 2 is 1.34 bits per heavy atom. The number of carbonyl (C=O) groups is 2. The van der Waals surface area contributed by atoms with Crippen LogP contribution in [-0.4, -0.2) is 52.4 Å². The van der Waals surface area contributed by atoms with Crippen LogP contribution in [0.2, 0.25) is 0 Å². The summed E-state index contributed by atoms with van der Waals surface area (Å²) in [6.45, 7) is 1.39. The van der Waals surface area contributed by atoms with Crippen LogP contribution < -0.4 is 43.3 Å². The van der Waals surface area contributed by atoms with Crippen LogP contribution in [0.4, 0.5) is 5.69 Å². The van der Waals surface area contributed by atoms with Crippen LogP contribution in [0.3, 0.4) is 0 Å². The van der Waals surface area contributed by atoms with E-state index in [0.717, 1.165) is 65.8 Å². The summed E-state index contributed by atoms with van der Waals surface area (Å²) >= 11 is 1.63. The van der Waals surface area contributed by atoms with Crippen molar-refractivity contribution in [1.29, 1.82) is 0 Å². The monoisotopic (exact) mass is 690 g/mol. The number of amides is 1. The van der Waals surface area contributed by atoms with Crippen LogP contribution in [0.15, 0.2) is 77.7 Å². The van der Waals surface area contributed by atoms with Crippen LogP contribution in [0.25, 0.3) is 0 Å². The summed E-state index contributed by atoms with van der Waals surface area (Å²) in [7, 11) is 6.39. The fourth-order valence-corrected chi connectivity index (χ4v) is 4.57. The molecule has 6 nitrogen and oxygen atoms in total. The maximum Gasteiger partial charge on any atom is 0.343 e. The Labute approximate surface area is 266 Å². The number of carbonyl (C=O) groups excluding carboxylic acids is 2. The predicted octanol–water partition coefficient (Wildman–Crippen LogP) is 3.91. The van der Waals surface area contributed by atoms with Gasteiger partial charge in [-0.1, -0.05) is 37.8 Å². The Balaban J connectivity index is 0.00000588. The summed E-state index contributed by atoms with van der Waals surface area (Å²) in [4.78, 5) is 25.6. The molecule has 1 N–H and O–H groups in total. The largest absolute Gasteiger partial charge is 1.00 e. The smallest absolute Gasteiger partial charge is 0.343 e. The minimum Gasteiger partial charge on any atom is -1.00 e. The number of thioether (sulfide) groups is 1. The molecule has 0 saturated heterocycles. The van der Waals surface area contributed by atoms with Crippen molar-refractivity contribution in [3.8, 4) is 11.5 Å². The lowest BCUT2D eigenvalue weighted by Crippen LogP contribution is -3.00. The number of rotatable bonds is 16. The zero-order valence-corrected chi connectivity index (χ0v) is 27.6. The Morgan fingerprint density at radius 1 is 0.756 bits per heavy atom. The van der Waals surface area contributed by atoms with Crippen molar-refractivity contribution in [2.45, 2.75) is 49.8 Å². The van der Waals surface area contributed by atoms with Crippen LogP contribution in [-0.2, 0) is 11.2 Å². The van der Waals surface area contributed by atoms with Crippen LogP contribution in [0, 0.1) is 0 Å². The Kier molecular flexibility index (Phi) is 15.3. The molecule has 0 radical (unpaired) electrons. The van der Waals surface area contributed by atoms with Gasteiger partial charge in [0.1, 0.15) is 17.2 Å². The normalized spacial score (nSPS) is 10.9. The quantitative estimate of drug-likeness (QED) is 0.0618. The van der Waals surface area contributed by atoms with Crippen molar-refractivity contribution in [2.75, 3.05) is 40.6 Å². The van der Waals surface area contributed by atoms with Gasteiger partial charge in [0.2, 0.25) is 5.91 Å². The minimum atomic E-state index is -0.370. The van der Waals surface area contributed by atoms with E-state index in [-0.39, 0.29) is 35.9 Å². The minimum absolute atomic E-state index is 0. The highest BCUT2D eigenvalue weighted by molar-refractivity contribution is 7.98. The van der Waals surface area contributed by atoms with Gasteiger partial charge in [0.05, 0.1) is 39.7 Å². The van der Waals surface area contributed by atoms with Crippen molar-refractivity contribution < 1.29 is 43.0 Å². The summed E-state index contributed by atoms with van der Waals surface area (Å²) in [5.74, 6) is 0.980. The van der Waals surface area contributed by atoms with Crippen LogP contribution in [0.1, 0.15) is 54.4 Å². The SMILES string of the molecule is CSc1ccc(C(=O)Oc2ccc(OCCCCCCCCNC(=O)Cc3ccc([N+](C)(C)C)cc3)cc2)cc1.[I-]. The van der Waals surface area contributed by atoms with E-state index in [1.54, 1.807) is 36.0 Å². The molecule has 3 aromatic carbocycles. The number of hydrogen-bond donors (Lipinski definition) is 1. The van der Waals surface area contributed by atoms with Gasteiger partial charge < -0.3 is 38.8 Å². The molecule has 0 aliphatic heterocycles. The molecule has 0 spiro atoms. The summed E-state index contributed by atoms with van der Waals surface area (Å²) in [6, 6.07) is 22.8. The summed E-state index contributed by atoms with van der Waals surface area (Å²) in [5.41, 5.74) is 2.79. The van der Waals surface area contributed by atoms with Crippen molar-refractivity contribution in [3.05, 3.63) is 83.9 Å². The van der Waals surface area contributed by atoms with Crippen LogP contribution >= 0.6 is 11.8 Å². The third-order valence-electron chi connectivity index (χ3n) is 6.60. The van der Waals surface area contributed by atoms with E-state index in [2.05, 4.69) is 38.6 Å². The van der Waals surface area contributed by atoms with Gasteiger partial charge in [0.25, 0.3) is 0 Å². The molecular formula is C33H43IN2O4S. The Bertz CT molecular complexity index is 1190. The lowest BCUT2D eigenvalue weighted by molar-refractivity contribution is -0.120. The molecule has 41 heavy (non-hydrogen) atoms. The predicted molar refractivity (Wildman–Crippen MR) is 166 cm³/mol. The van der Waals surface area contributed by atoms with Gasteiger partial charge in [-0.3, -0.25) is 9.28 Å². The second-order valence-corrected chi connectivity index (χ2v) is 11.6. The highest BCUT2D eigenvalue weighted by atomic mass is 127. The number of hydrogen-bond acceptors (Lipinski definition) is 5. The molecule has 0 fully saturated rings. The van der Waals surface area contributed by atoms with Gasteiger partial charge in [-0.2, -0.15) is 0 Å². The number of nitrogens with one attached hydrogen (secondary N) is 1. The van der Waals surface area contributed by atoms with Gasteiger partial charge in [-0.15, -0.1) is 11.8 Å². The van der Waals surface area contributed by atoms with Crippen molar-refractivity contribution in [3.63, 3.8) is 0 Å². The molecule has 0 aliphatic rings. The topological polar surface area (TPSA) is 64.6 Å². The molecular weight excluding hydrogens is 647 g/mol. The molecule has 3 aromatic rings. The van der Waals surface area contributed by atoms with E-state index in [1.807, 2.05) is 42.7 Å². The first-order valence-corrected chi connectivity index (χ1v) is 15.2. The first kappa shape index (κ1) is 34.6. The highest BCUT2D eigenvalue weighted by Crippen LogP contribution is 2.21. The molecule has 222 valence electrons. The van der Waals surface area contributed by atoms with Gasteiger partial charge in [0.15, 0.2) is 0 Å². The average molecular weight is 691 g/mol. The number of nitrogens with zero attached hydrogens (tertiary/aromatic N) is 1. The number of ether oxygens (including phenoxy) is 2. The van der Waals surface area contributed by atoms with E-state index < -0.39 is 0 Å². The number of unbranched alkanes of at least 4 members (excludes halogenated alkanes) is 5. The summed E-state index contributed by atoms with van der Waals surface area (Å²) in [6.07, 6.45) is 8.96. The maximum absolute atomic E-state index is 12.3. The molecule has 0 aliphatic carbocycles. The first-order valence-electron chi connectivity index (χ1n) is 14.0. The van der Waals surface area contributed by atoms with Crippen molar-refractivity contribution in [2.24, 2.45) is 0 Å². The molecule has 0 heterocycles. The lowest BCUT2D eigenvalue weighted by Gasteiger charge is -2.23. The van der Waals surface area contributed by atoms with Crippen molar-refractivity contribution >= 4 is 29.3 Å². The number of halogens is 1. The number of quaternary nitrogens is 1. The molecule has 0 unspecified atom stereocenters. The Morgan fingerprint density at radius 3 is 1.95 bits per heavy atom. The standard InChI is InChI=1S/C33H42N2O4S.HI/c1-35(2,3)28-15-11-26(12-16-28)25-32(36)34-23-9-7-5-6-8-10-24-38-29-17-19-30(20-18-29)39-33(37)27-13-21-31(40-4)22-14-27;/h11-22H,5-10,23-25H2,1-4H3;1H. The molecule has 0 atom stereocenters. The second kappa shape index (κ2) is 18.1. The van der Waals surface area contributed by atoms with E-state index in [4.69, 9.17) is 9.47 Å². The zero-order chi connectivity index (χ0) is 28.8. The highest BCUT2D eigenvalue weighted by Gasteiger charge is 2.12. The molecule has 1 amide bonds. The van der Waals surface area contributed by atoms with Gasteiger partial charge in [0, 0.05) is 11.4 Å². The molecule has 3 rings (SSSR count). The third-order valence-corrected chi connectivity index (χ3v) is 7.34. The lowest BCUT2D eigenvalue weighted by atomic mass is 10.1. The summed E-state index contributed by atoms with van der Waals surface area (Å²) in [5, 5.41) is 3.04. The van der Waals surface area contributed by atoms with Crippen LogP contribution in [0.5, 0.6) is 11.5 Å². The molecule has 0 saturated carbocycles. The maximum atomic E-state index is 12.3. The molecule has 8 heteroatoms. The van der Waals surface area contributed by atoms with E-state index in [9.17, 15) is 9.59 Å². The van der Waals surface area contributed by atoms with Gasteiger partial charge >= 0.3 is 5.97 Å². The summed E-state index contributed by atoms with van der Waals surface area (Å²) < 4.78 is 12.1. The fourth-order valence-electron chi connectivity index (χ4n) is 4.16. The molecule has 0 bridgehead atoms. The third kappa shape index (κ3) is 12.9. The number of esters is 1. The van der Waals surface area contributed by atoms with Crippen molar-refractivity contribution in [1.82, 2.24) is 9.80 Å². The number of benzene rings is 3. The van der Waals surface area contributed by atoms with E-state index in [1.165, 1.54) is 5.69 Å². The van der Waals surface area contributed by atoms with E-state index in [0.29, 0.717) is 24.3 Å². The molecule has 0 aromatic heterocycles. The second-order valence-electron chi connectivity index (χ2n) is 10.8. The van der Waals surface area contributed by atoms with E-state index >= 15 is 0 Å². The van der Waals surface area contributed by atoms with Gasteiger partial charge in [-0.05, 0) is 85.3 Å². The van der Waals surface area contributed by atoms with Gasteiger partial charge in [-0.25, -0.2) is 4.79 Å². The first-order chi connectivity index (χ1) is 19.2. The zero-order valence-electron chi connectivity index (χ0n) is 24.7. The average Bonchev–Trinajstić information content (AvgIpc) is 2.94. The fraction of sp³-hybridized carbons (Fsp3) is 0.394. The Hall–Kier alpha value is -2.56.